The van der Waals surface area contributed by atoms with E-state index in [1.54, 1.807) is 19.2 Å². The molecule has 0 atom stereocenters. The summed E-state index contributed by atoms with van der Waals surface area (Å²) < 4.78 is 10.5. The van der Waals surface area contributed by atoms with Crippen LogP contribution in [0.15, 0.2) is 30.4 Å². The van der Waals surface area contributed by atoms with Gasteiger partial charge in [-0.15, -0.1) is 0 Å². The molecule has 0 amide bonds. The SMILES string of the molecule is CC=CCOCc1ccc(OC)c(C#N)c1. The highest BCUT2D eigenvalue weighted by molar-refractivity contribution is 5.45. The van der Waals surface area contributed by atoms with Gasteiger partial charge in [-0.2, -0.15) is 5.26 Å². The summed E-state index contributed by atoms with van der Waals surface area (Å²) in [5.41, 5.74) is 1.51. The Labute approximate surface area is 95.9 Å². The lowest BCUT2D eigenvalue weighted by atomic mass is 10.1. The van der Waals surface area contributed by atoms with Gasteiger partial charge in [0.15, 0.2) is 0 Å². The van der Waals surface area contributed by atoms with E-state index in [-0.39, 0.29) is 0 Å². The van der Waals surface area contributed by atoms with Crippen LogP contribution < -0.4 is 4.74 Å². The maximum Gasteiger partial charge on any atom is 0.136 e. The van der Waals surface area contributed by atoms with Crippen LogP contribution in [0.5, 0.6) is 5.75 Å². The molecule has 3 nitrogen and oxygen atoms in total. The molecule has 0 unspecified atom stereocenters. The summed E-state index contributed by atoms with van der Waals surface area (Å²) in [6.45, 7) is 3.04. The molecular formula is C13H15NO2. The summed E-state index contributed by atoms with van der Waals surface area (Å²) in [5, 5.41) is 8.90. The number of methoxy groups -OCH3 is 1. The Balaban J connectivity index is 2.65. The highest BCUT2D eigenvalue weighted by atomic mass is 16.5. The van der Waals surface area contributed by atoms with Crippen molar-refractivity contribution < 1.29 is 9.47 Å². The van der Waals surface area contributed by atoms with Crippen LogP contribution in [-0.4, -0.2) is 13.7 Å². The van der Waals surface area contributed by atoms with Crippen molar-refractivity contribution in [1.29, 1.82) is 5.26 Å². The van der Waals surface area contributed by atoms with Gasteiger partial charge >= 0.3 is 0 Å². The van der Waals surface area contributed by atoms with Crippen LogP contribution >= 0.6 is 0 Å². The number of nitriles is 1. The molecule has 0 aromatic heterocycles. The lowest BCUT2D eigenvalue weighted by molar-refractivity contribution is 0.148. The van der Waals surface area contributed by atoms with E-state index >= 15 is 0 Å². The fourth-order valence-corrected chi connectivity index (χ4v) is 1.27. The first-order valence-electron chi connectivity index (χ1n) is 5.07. The van der Waals surface area contributed by atoms with Gasteiger partial charge in [-0.1, -0.05) is 18.2 Å². The summed E-state index contributed by atoms with van der Waals surface area (Å²) in [5.74, 6) is 0.597. The normalized spacial score (nSPS) is 10.3. The Hall–Kier alpha value is -1.79. The third kappa shape index (κ3) is 3.41. The second kappa shape index (κ2) is 6.65. The third-order valence-electron chi connectivity index (χ3n) is 2.10. The quantitative estimate of drug-likeness (QED) is 0.562. The largest absolute Gasteiger partial charge is 0.495 e. The number of hydrogen-bond donors (Lipinski definition) is 0. The standard InChI is InChI=1S/C13H15NO2/c1-3-4-7-16-10-11-5-6-13(15-2)12(8-11)9-14/h3-6,8H,7,10H2,1-2H3. The zero-order valence-electron chi connectivity index (χ0n) is 9.56. The van der Waals surface area contributed by atoms with Gasteiger partial charge in [0, 0.05) is 0 Å². The molecule has 0 bridgehead atoms. The molecule has 1 rings (SSSR count). The van der Waals surface area contributed by atoms with Crippen LogP contribution in [0.3, 0.4) is 0 Å². The van der Waals surface area contributed by atoms with E-state index in [0.717, 1.165) is 5.56 Å². The van der Waals surface area contributed by atoms with Gasteiger partial charge in [-0.3, -0.25) is 0 Å². The van der Waals surface area contributed by atoms with Crippen molar-refractivity contribution in [3.05, 3.63) is 41.5 Å². The van der Waals surface area contributed by atoms with E-state index in [1.165, 1.54) is 0 Å². The summed E-state index contributed by atoms with van der Waals surface area (Å²) in [6, 6.07) is 7.56. The Bertz CT molecular complexity index is 405. The fourth-order valence-electron chi connectivity index (χ4n) is 1.27. The summed E-state index contributed by atoms with van der Waals surface area (Å²) in [7, 11) is 1.55. The molecule has 1 aromatic rings. The minimum Gasteiger partial charge on any atom is -0.495 e. The monoisotopic (exact) mass is 217 g/mol. The number of benzene rings is 1. The number of hydrogen-bond acceptors (Lipinski definition) is 3. The van der Waals surface area contributed by atoms with Crippen LogP contribution in [-0.2, 0) is 11.3 Å². The van der Waals surface area contributed by atoms with Crippen LogP contribution in [0, 0.1) is 11.3 Å². The van der Waals surface area contributed by atoms with Crippen molar-refractivity contribution in [1.82, 2.24) is 0 Å². The molecule has 0 aliphatic rings. The Kier molecular flexibility index (Phi) is 5.10. The molecule has 0 saturated heterocycles. The first-order chi connectivity index (χ1) is 7.81. The first kappa shape index (κ1) is 12.3. The molecule has 0 aliphatic carbocycles. The molecule has 84 valence electrons. The van der Waals surface area contributed by atoms with E-state index in [2.05, 4.69) is 6.07 Å². The third-order valence-corrected chi connectivity index (χ3v) is 2.10. The topological polar surface area (TPSA) is 42.2 Å². The van der Waals surface area contributed by atoms with Crippen LogP contribution in [0.25, 0.3) is 0 Å². The maximum atomic E-state index is 8.90. The van der Waals surface area contributed by atoms with E-state index in [4.69, 9.17) is 14.7 Å². The second-order valence-corrected chi connectivity index (χ2v) is 3.23. The number of nitrogens with zero attached hydrogens (tertiary/aromatic N) is 1. The van der Waals surface area contributed by atoms with Crippen molar-refractivity contribution in [2.45, 2.75) is 13.5 Å². The van der Waals surface area contributed by atoms with Gasteiger partial charge in [0.1, 0.15) is 11.8 Å². The molecule has 0 fully saturated rings. The maximum absolute atomic E-state index is 8.90. The van der Waals surface area contributed by atoms with Gasteiger partial charge in [-0.05, 0) is 24.6 Å². The summed E-state index contributed by atoms with van der Waals surface area (Å²) >= 11 is 0. The molecule has 1 aromatic carbocycles. The van der Waals surface area contributed by atoms with Gasteiger partial charge in [-0.25, -0.2) is 0 Å². The molecule has 0 spiro atoms. The van der Waals surface area contributed by atoms with E-state index < -0.39 is 0 Å². The summed E-state index contributed by atoms with van der Waals surface area (Å²) in [4.78, 5) is 0. The zero-order valence-corrected chi connectivity index (χ0v) is 9.56. The molecule has 0 saturated carbocycles. The second-order valence-electron chi connectivity index (χ2n) is 3.23. The minimum absolute atomic E-state index is 0.503. The molecule has 16 heavy (non-hydrogen) atoms. The molecular weight excluding hydrogens is 202 g/mol. The lowest BCUT2D eigenvalue weighted by Crippen LogP contribution is -1.95. The Morgan fingerprint density at radius 2 is 2.25 bits per heavy atom. The Morgan fingerprint density at radius 3 is 2.88 bits per heavy atom. The number of allylic oxidation sites excluding steroid dienone is 1. The van der Waals surface area contributed by atoms with E-state index in [1.807, 2.05) is 25.1 Å². The van der Waals surface area contributed by atoms with Crippen LogP contribution in [0.1, 0.15) is 18.1 Å². The highest BCUT2D eigenvalue weighted by Gasteiger charge is 2.03. The molecule has 0 N–H and O–H groups in total. The lowest BCUT2D eigenvalue weighted by Gasteiger charge is -2.05. The Morgan fingerprint density at radius 1 is 1.44 bits per heavy atom. The van der Waals surface area contributed by atoms with E-state index in [9.17, 15) is 0 Å². The summed E-state index contributed by atoms with van der Waals surface area (Å²) in [6.07, 6.45) is 3.88. The van der Waals surface area contributed by atoms with Crippen LogP contribution in [0.4, 0.5) is 0 Å². The van der Waals surface area contributed by atoms with Crippen molar-refractivity contribution >= 4 is 0 Å². The van der Waals surface area contributed by atoms with Gasteiger partial charge in [0.2, 0.25) is 0 Å². The smallest absolute Gasteiger partial charge is 0.136 e. The van der Waals surface area contributed by atoms with Crippen molar-refractivity contribution in [2.24, 2.45) is 0 Å². The number of ether oxygens (including phenoxy) is 2. The average Bonchev–Trinajstić information content (AvgIpc) is 2.34. The predicted molar refractivity (Wildman–Crippen MR) is 62.2 cm³/mol. The van der Waals surface area contributed by atoms with Gasteiger partial charge < -0.3 is 9.47 Å². The average molecular weight is 217 g/mol. The highest BCUT2D eigenvalue weighted by Crippen LogP contribution is 2.19. The fraction of sp³-hybridized carbons (Fsp3) is 0.308. The minimum atomic E-state index is 0.503. The van der Waals surface area contributed by atoms with Gasteiger partial charge in [0.05, 0.1) is 25.9 Å². The van der Waals surface area contributed by atoms with Gasteiger partial charge in [0.25, 0.3) is 0 Å². The molecule has 0 heterocycles. The molecule has 0 radical (unpaired) electrons. The van der Waals surface area contributed by atoms with E-state index in [0.29, 0.717) is 24.5 Å². The molecule has 3 heteroatoms. The number of rotatable bonds is 5. The predicted octanol–water partition coefficient (Wildman–Crippen LogP) is 2.66. The van der Waals surface area contributed by atoms with Crippen molar-refractivity contribution in [2.75, 3.05) is 13.7 Å². The van der Waals surface area contributed by atoms with Crippen molar-refractivity contribution in [3.63, 3.8) is 0 Å². The zero-order chi connectivity index (χ0) is 11.8. The molecule has 0 aliphatic heterocycles. The van der Waals surface area contributed by atoms with Crippen LogP contribution in [0.2, 0.25) is 0 Å². The van der Waals surface area contributed by atoms with Crippen molar-refractivity contribution in [3.8, 4) is 11.8 Å². The first-order valence-corrected chi connectivity index (χ1v) is 5.07.